The Morgan fingerprint density at radius 3 is 1.88 bits per heavy atom. The Morgan fingerprint density at radius 1 is 0.812 bits per heavy atom. The minimum Gasteiger partial charge on any atom is -0.300 e. The molecule has 0 amide bonds. The Bertz CT molecular complexity index is 216. The van der Waals surface area contributed by atoms with Crippen LogP contribution in [0.4, 0.5) is 13.2 Å². The molecule has 2 nitrogen and oxygen atoms in total. The van der Waals surface area contributed by atoms with Crippen LogP contribution in [0.25, 0.3) is 0 Å². The SMILES string of the molecule is FC(F)(F)N1CCC(N2CCCCC2)CC1. The van der Waals surface area contributed by atoms with Crippen molar-refractivity contribution < 1.29 is 13.2 Å². The third-order valence-corrected chi connectivity index (χ3v) is 3.73. The standard InChI is InChI=1S/C11H19F3N2/c12-11(13,14)16-8-4-10(5-9-16)15-6-2-1-3-7-15/h10H,1-9H2. The fourth-order valence-corrected chi connectivity index (χ4v) is 2.77. The molecule has 0 radical (unpaired) electrons. The molecule has 2 aliphatic rings. The highest BCUT2D eigenvalue weighted by Crippen LogP contribution is 2.28. The van der Waals surface area contributed by atoms with Crippen LogP contribution in [0, 0.1) is 0 Å². The fourth-order valence-electron chi connectivity index (χ4n) is 2.77. The van der Waals surface area contributed by atoms with E-state index in [9.17, 15) is 13.2 Å². The number of nitrogens with zero attached hydrogens (tertiary/aromatic N) is 2. The van der Waals surface area contributed by atoms with Crippen LogP contribution in [0.2, 0.25) is 0 Å². The normalized spacial score (nSPS) is 27.2. The quantitative estimate of drug-likeness (QED) is 0.645. The first-order valence-electron chi connectivity index (χ1n) is 6.13. The lowest BCUT2D eigenvalue weighted by atomic mass is 10.0. The Balaban J connectivity index is 1.80. The van der Waals surface area contributed by atoms with Crippen LogP contribution in [0.1, 0.15) is 32.1 Å². The van der Waals surface area contributed by atoms with Crippen molar-refractivity contribution in [1.82, 2.24) is 9.80 Å². The van der Waals surface area contributed by atoms with Gasteiger partial charge in [-0.3, -0.25) is 0 Å². The van der Waals surface area contributed by atoms with Crippen molar-refractivity contribution in [3.8, 4) is 0 Å². The van der Waals surface area contributed by atoms with Crippen molar-refractivity contribution in [3.05, 3.63) is 0 Å². The summed E-state index contributed by atoms with van der Waals surface area (Å²) in [6.07, 6.45) is 0.892. The zero-order chi connectivity index (χ0) is 11.6. The maximum atomic E-state index is 12.4. The van der Waals surface area contributed by atoms with E-state index in [1.165, 1.54) is 19.3 Å². The largest absolute Gasteiger partial charge is 0.459 e. The average Bonchev–Trinajstić information content (AvgIpc) is 2.29. The maximum absolute atomic E-state index is 12.4. The topological polar surface area (TPSA) is 6.48 Å². The fraction of sp³-hybridized carbons (Fsp3) is 1.00. The van der Waals surface area contributed by atoms with Gasteiger partial charge in [-0.1, -0.05) is 6.42 Å². The minimum atomic E-state index is -4.13. The summed E-state index contributed by atoms with van der Waals surface area (Å²) < 4.78 is 37.3. The Kier molecular flexibility index (Phi) is 3.74. The van der Waals surface area contributed by atoms with Crippen molar-refractivity contribution in [2.75, 3.05) is 26.2 Å². The van der Waals surface area contributed by atoms with Crippen LogP contribution in [0.3, 0.4) is 0 Å². The zero-order valence-electron chi connectivity index (χ0n) is 9.47. The van der Waals surface area contributed by atoms with Gasteiger partial charge in [-0.2, -0.15) is 13.2 Å². The van der Waals surface area contributed by atoms with Crippen molar-refractivity contribution in [1.29, 1.82) is 0 Å². The molecule has 2 heterocycles. The van der Waals surface area contributed by atoms with Crippen LogP contribution >= 0.6 is 0 Å². The molecule has 0 aromatic rings. The Hall–Kier alpha value is -0.290. The summed E-state index contributed by atoms with van der Waals surface area (Å²) in [5, 5.41) is 0. The summed E-state index contributed by atoms with van der Waals surface area (Å²) in [7, 11) is 0. The molecule has 0 aromatic carbocycles. The van der Waals surface area contributed by atoms with Gasteiger partial charge in [0.2, 0.25) is 0 Å². The molecule has 0 N–H and O–H groups in total. The van der Waals surface area contributed by atoms with E-state index in [1.54, 1.807) is 0 Å². The lowest BCUT2D eigenvalue weighted by molar-refractivity contribution is -0.251. The first kappa shape index (κ1) is 12.2. The van der Waals surface area contributed by atoms with Gasteiger partial charge < -0.3 is 4.90 Å². The van der Waals surface area contributed by atoms with Crippen molar-refractivity contribution >= 4 is 0 Å². The second-order valence-electron chi connectivity index (χ2n) is 4.78. The number of hydrogen-bond donors (Lipinski definition) is 0. The summed E-state index contributed by atoms with van der Waals surface area (Å²) in [5.41, 5.74) is 0. The predicted octanol–water partition coefficient (Wildman–Crippen LogP) is 2.46. The van der Waals surface area contributed by atoms with E-state index < -0.39 is 6.30 Å². The molecule has 94 valence electrons. The number of likely N-dealkylation sites (tertiary alicyclic amines) is 2. The summed E-state index contributed by atoms with van der Waals surface area (Å²) in [5.74, 6) is 0. The van der Waals surface area contributed by atoms with E-state index >= 15 is 0 Å². The van der Waals surface area contributed by atoms with Crippen LogP contribution in [-0.4, -0.2) is 48.3 Å². The van der Waals surface area contributed by atoms with E-state index in [1.807, 2.05) is 0 Å². The first-order valence-corrected chi connectivity index (χ1v) is 6.13. The van der Waals surface area contributed by atoms with Gasteiger partial charge in [0.25, 0.3) is 0 Å². The van der Waals surface area contributed by atoms with Crippen LogP contribution in [0.15, 0.2) is 0 Å². The van der Waals surface area contributed by atoms with Crippen LogP contribution in [-0.2, 0) is 0 Å². The predicted molar refractivity (Wildman–Crippen MR) is 56.1 cm³/mol. The van der Waals surface area contributed by atoms with Gasteiger partial charge in [0.15, 0.2) is 0 Å². The lowest BCUT2D eigenvalue weighted by Gasteiger charge is -2.40. The van der Waals surface area contributed by atoms with Crippen molar-refractivity contribution in [3.63, 3.8) is 0 Å². The molecule has 16 heavy (non-hydrogen) atoms. The number of hydrogen-bond acceptors (Lipinski definition) is 2. The van der Waals surface area contributed by atoms with Gasteiger partial charge in [-0.25, -0.2) is 4.90 Å². The van der Waals surface area contributed by atoms with Gasteiger partial charge in [-0.05, 0) is 38.8 Å². The molecular weight excluding hydrogens is 217 g/mol. The Morgan fingerprint density at radius 2 is 1.38 bits per heavy atom. The molecule has 0 saturated carbocycles. The van der Waals surface area contributed by atoms with Gasteiger partial charge >= 0.3 is 6.30 Å². The maximum Gasteiger partial charge on any atom is 0.459 e. The lowest BCUT2D eigenvalue weighted by Crippen LogP contribution is -2.50. The van der Waals surface area contributed by atoms with E-state index in [0.717, 1.165) is 13.1 Å². The highest BCUT2D eigenvalue weighted by Gasteiger charge is 2.40. The monoisotopic (exact) mass is 236 g/mol. The van der Waals surface area contributed by atoms with Gasteiger partial charge in [0.1, 0.15) is 0 Å². The summed E-state index contributed by atoms with van der Waals surface area (Å²) in [6, 6.07) is 0.388. The van der Waals surface area contributed by atoms with Gasteiger partial charge in [0, 0.05) is 19.1 Å². The number of halogens is 3. The highest BCUT2D eigenvalue weighted by atomic mass is 19.4. The highest BCUT2D eigenvalue weighted by molar-refractivity contribution is 4.82. The smallest absolute Gasteiger partial charge is 0.300 e. The number of rotatable bonds is 1. The van der Waals surface area contributed by atoms with Crippen molar-refractivity contribution in [2.45, 2.75) is 44.4 Å². The molecule has 2 rings (SSSR count). The second kappa shape index (κ2) is 4.92. The Labute approximate surface area is 94.4 Å². The summed E-state index contributed by atoms with van der Waals surface area (Å²) in [4.78, 5) is 3.03. The molecule has 0 aliphatic carbocycles. The molecule has 2 fully saturated rings. The van der Waals surface area contributed by atoms with Gasteiger partial charge in [-0.15, -0.1) is 0 Å². The van der Waals surface area contributed by atoms with E-state index in [2.05, 4.69) is 4.90 Å². The minimum absolute atomic E-state index is 0.171. The molecule has 5 heteroatoms. The summed E-state index contributed by atoms with van der Waals surface area (Å²) >= 11 is 0. The molecule has 0 atom stereocenters. The van der Waals surface area contributed by atoms with Crippen LogP contribution in [0.5, 0.6) is 0 Å². The molecule has 2 saturated heterocycles. The number of piperidine rings is 2. The van der Waals surface area contributed by atoms with Crippen LogP contribution < -0.4 is 0 Å². The molecule has 0 spiro atoms. The number of alkyl halides is 3. The molecule has 0 aromatic heterocycles. The average molecular weight is 236 g/mol. The third kappa shape index (κ3) is 2.88. The second-order valence-corrected chi connectivity index (χ2v) is 4.78. The molecule has 0 bridgehead atoms. The first-order chi connectivity index (χ1) is 7.57. The molecule has 0 unspecified atom stereocenters. The third-order valence-electron chi connectivity index (χ3n) is 3.73. The zero-order valence-corrected chi connectivity index (χ0v) is 9.47. The van der Waals surface area contributed by atoms with Gasteiger partial charge in [0.05, 0.1) is 0 Å². The van der Waals surface area contributed by atoms with E-state index in [4.69, 9.17) is 0 Å². The van der Waals surface area contributed by atoms with E-state index in [0.29, 0.717) is 23.8 Å². The molecular formula is C11H19F3N2. The van der Waals surface area contributed by atoms with E-state index in [-0.39, 0.29) is 13.1 Å². The molecule has 2 aliphatic heterocycles. The van der Waals surface area contributed by atoms with Crippen molar-refractivity contribution in [2.24, 2.45) is 0 Å². The summed E-state index contributed by atoms with van der Waals surface area (Å²) in [6.45, 7) is 2.50.